The van der Waals surface area contributed by atoms with Gasteiger partial charge in [0.2, 0.25) is 0 Å². The van der Waals surface area contributed by atoms with Crippen molar-refractivity contribution in [2.24, 2.45) is 0 Å². The molecule has 0 atom stereocenters. The quantitative estimate of drug-likeness (QED) is 0.601. The number of aliphatic hydroxyl groups is 1. The first kappa shape index (κ1) is 11.8. The average Bonchev–Trinajstić information content (AvgIpc) is 2.66. The number of aryl methyl sites for hydroxylation is 1. The van der Waals surface area contributed by atoms with Gasteiger partial charge in [0.15, 0.2) is 5.78 Å². The molecular formula is C10H14O2S2. The van der Waals surface area contributed by atoms with Gasteiger partial charge in [0.05, 0.1) is 17.2 Å². The summed E-state index contributed by atoms with van der Waals surface area (Å²) in [5.41, 5.74) is 0. The van der Waals surface area contributed by atoms with Crippen LogP contribution in [0.4, 0.5) is 0 Å². The van der Waals surface area contributed by atoms with E-state index in [9.17, 15) is 4.79 Å². The standard InChI is InChI=1S/C10H14O2S2/c1-2-8-3-4-10(14-8)9(12)7-13-6-5-11/h3-4,11H,2,5-7H2,1H3. The molecule has 1 rings (SSSR count). The molecule has 1 heterocycles. The summed E-state index contributed by atoms with van der Waals surface area (Å²) in [6.07, 6.45) is 0.988. The van der Waals surface area contributed by atoms with E-state index in [0.717, 1.165) is 11.3 Å². The third kappa shape index (κ3) is 3.44. The minimum atomic E-state index is 0.141. The molecule has 1 aromatic rings. The zero-order valence-electron chi connectivity index (χ0n) is 8.16. The molecule has 0 aliphatic carbocycles. The van der Waals surface area contributed by atoms with E-state index in [1.54, 1.807) is 11.3 Å². The molecule has 78 valence electrons. The fourth-order valence-electron chi connectivity index (χ4n) is 1.02. The van der Waals surface area contributed by atoms with Gasteiger partial charge in [0, 0.05) is 10.6 Å². The maximum Gasteiger partial charge on any atom is 0.182 e. The maximum atomic E-state index is 11.6. The number of ketones is 1. The Balaban J connectivity index is 2.44. The summed E-state index contributed by atoms with van der Waals surface area (Å²) < 4.78 is 0. The second-order valence-corrected chi connectivity index (χ2v) is 5.09. The largest absolute Gasteiger partial charge is 0.396 e. The molecule has 0 aromatic carbocycles. The second kappa shape index (κ2) is 6.22. The van der Waals surface area contributed by atoms with Crippen LogP contribution in [0.3, 0.4) is 0 Å². The molecule has 4 heteroatoms. The molecule has 0 saturated heterocycles. The van der Waals surface area contributed by atoms with Crippen LogP contribution in [-0.4, -0.2) is 29.0 Å². The maximum absolute atomic E-state index is 11.6. The van der Waals surface area contributed by atoms with E-state index in [4.69, 9.17) is 5.11 Å². The normalized spacial score (nSPS) is 10.4. The van der Waals surface area contributed by atoms with E-state index < -0.39 is 0 Å². The summed E-state index contributed by atoms with van der Waals surface area (Å²) in [7, 11) is 0. The molecule has 1 N–H and O–H groups in total. The molecule has 0 saturated carbocycles. The van der Waals surface area contributed by atoms with E-state index in [-0.39, 0.29) is 12.4 Å². The Morgan fingerprint density at radius 2 is 2.36 bits per heavy atom. The summed E-state index contributed by atoms with van der Waals surface area (Å²) in [5.74, 6) is 1.29. The molecule has 14 heavy (non-hydrogen) atoms. The molecule has 0 aliphatic rings. The molecular weight excluding hydrogens is 216 g/mol. The molecule has 1 aromatic heterocycles. The molecule has 0 spiro atoms. The number of thioether (sulfide) groups is 1. The first-order valence-corrected chi connectivity index (χ1v) is 6.55. The van der Waals surface area contributed by atoms with Gasteiger partial charge in [-0.05, 0) is 18.6 Å². The van der Waals surface area contributed by atoms with Crippen LogP contribution in [0.1, 0.15) is 21.5 Å². The van der Waals surface area contributed by atoms with Crippen molar-refractivity contribution in [2.75, 3.05) is 18.1 Å². The molecule has 2 nitrogen and oxygen atoms in total. The van der Waals surface area contributed by atoms with E-state index in [1.165, 1.54) is 16.6 Å². The summed E-state index contributed by atoms with van der Waals surface area (Å²) >= 11 is 3.05. The topological polar surface area (TPSA) is 37.3 Å². The molecule has 0 unspecified atom stereocenters. The number of rotatable bonds is 6. The first-order valence-electron chi connectivity index (χ1n) is 4.58. The minimum absolute atomic E-state index is 0.141. The average molecular weight is 230 g/mol. The van der Waals surface area contributed by atoms with Crippen molar-refractivity contribution in [3.8, 4) is 0 Å². The van der Waals surface area contributed by atoms with Crippen LogP contribution in [0.15, 0.2) is 12.1 Å². The van der Waals surface area contributed by atoms with Gasteiger partial charge in [-0.3, -0.25) is 4.79 Å². The van der Waals surface area contributed by atoms with E-state index in [2.05, 4.69) is 6.92 Å². The lowest BCUT2D eigenvalue weighted by atomic mass is 10.3. The first-order chi connectivity index (χ1) is 6.77. The molecule has 0 radical (unpaired) electrons. The number of carbonyl (C=O) groups is 1. The van der Waals surface area contributed by atoms with Crippen LogP contribution in [0, 0.1) is 0 Å². The van der Waals surface area contributed by atoms with Crippen LogP contribution in [0.25, 0.3) is 0 Å². The molecule has 0 fully saturated rings. The number of aliphatic hydroxyl groups excluding tert-OH is 1. The Morgan fingerprint density at radius 3 is 2.93 bits per heavy atom. The van der Waals surface area contributed by atoms with Crippen LogP contribution >= 0.6 is 23.1 Å². The van der Waals surface area contributed by atoms with Gasteiger partial charge in [-0.1, -0.05) is 6.92 Å². The highest BCUT2D eigenvalue weighted by molar-refractivity contribution is 8.00. The molecule has 0 amide bonds. The fourth-order valence-corrected chi connectivity index (χ4v) is 2.61. The Labute approximate surface area is 92.3 Å². The summed E-state index contributed by atoms with van der Waals surface area (Å²) in [6.45, 7) is 2.23. The molecule has 0 aliphatic heterocycles. The zero-order chi connectivity index (χ0) is 10.4. The van der Waals surface area contributed by atoms with Crippen molar-refractivity contribution in [2.45, 2.75) is 13.3 Å². The lowest BCUT2D eigenvalue weighted by molar-refractivity contribution is 0.102. The minimum Gasteiger partial charge on any atom is -0.396 e. The van der Waals surface area contributed by atoms with Gasteiger partial charge in [-0.2, -0.15) is 11.8 Å². The lowest BCUT2D eigenvalue weighted by Gasteiger charge is -1.96. The number of hydrogen-bond acceptors (Lipinski definition) is 4. The summed E-state index contributed by atoms with van der Waals surface area (Å²) in [5, 5.41) is 8.56. The van der Waals surface area contributed by atoms with E-state index in [1.807, 2.05) is 12.1 Å². The highest BCUT2D eigenvalue weighted by Gasteiger charge is 2.08. The van der Waals surface area contributed by atoms with Gasteiger partial charge in [0.1, 0.15) is 0 Å². The van der Waals surface area contributed by atoms with Crippen LogP contribution < -0.4 is 0 Å². The Kier molecular flexibility index (Phi) is 5.22. The number of carbonyl (C=O) groups excluding carboxylic acids is 1. The monoisotopic (exact) mass is 230 g/mol. The predicted octanol–water partition coefficient (Wildman–Crippen LogP) is 2.22. The van der Waals surface area contributed by atoms with Crippen molar-refractivity contribution in [3.63, 3.8) is 0 Å². The Morgan fingerprint density at radius 1 is 1.57 bits per heavy atom. The van der Waals surface area contributed by atoms with E-state index >= 15 is 0 Å². The van der Waals surface area contributed by atoms with Crippen LogP contribution in [0.2, 0.25) is 0 Å². The number of thiophene rings is 1. The number of Topliss-reactive ketones (excluding diaryl/α,β-unsaturated/α-hetero) is 1. The van der Waals surface area contributed by atoms with Crippen LogP contribution in [-0.2, 0) is 6.42 Å². The van der Waals surface area contributed by atoms with E-state index in [0.29, 0.717) is 11.5 Å². The van der Waals surface area contributed by atoms with Gasteiger partial charge in [-0.25, -0.2) is 0 Å². The van der Waals surface area contributed by atoms with Gasteiger partial charge >= 0.3 is 0 Å². The Hall–Kier alpha value is -0.320. The van der Waals surface area contributed by atoms with Crippen molar-refractivity contribution >= 4 is 28.9 Å². The SMILES string of the molecule is CCc1ccc(C(=O)CSCCO)s1. The third-order valence-electron chi connectivity index (χ3n) is 1.75. The van der Waals surface area contributed by atoms with Gasteiger partial charge in [-0.15, -0.1) is 11.3 Å². The van der Waals surface area contributed by atoms with Crippen LogP contribution in [0.5, 0.6) is 0 Å². The van der Waals surface area contributed by atoms with Gasteiger partial charge < -0.3 is 5.11 Å². The zero-order valence-corrected chi connectivity index (χ0v) is 9.79. The van der Waals surface area contributed by atoms with Crippen molar-refractivity contribution < 1.29 is 9.90 Å². The van der Waals surface area contributed by atoms with Gasteiger partial charge in [0.25, 0.3) is 0 Å². The van der Waals surface area contributed by atoms with Crippen molar-refractivity contribution in [1.82, 2.24) is 0 Å². The fraction of sp³-hybridized carbons (Fsp3) is 0.500. The number of hydrogen-bond donors (Lipinski definition) is 1. The highest BCUT2D eigenvalue weighted by Crippen LogP contribution is 2.18. The smallest absolute Gasteiger partial charge is 0.182 e. The predicted molar refractivity (Wildman–Crippen MR) is 62.4 cm³/mol. The molecule has 0 bridgehead atoms. The third-order valence-corrected chi connectivity index (χ3v) is 3.96. The summed E-state index contributed by atoms with van der Waals surface area (Å²) in [4.78, 5) is 13.6. The lowest BCUT2D eigenvalue weighted by Crippen LogP contribution is -2.01. The second-order valence-electron chi connectivity index (χ2n) is 2.82. The highest BCUT2D eigenvalue weighted by atomic mass is 32.2. The Bertz CT molecular complexity index is 294. The van der Waals surface area contributed by atoms with Crippen molar-refractivity contribution in [3.05, 3.63) is 21.9 Å². The van der Waals surface area contributed by atoms with Crippen molar-refractivity contribution in [1.29, 1.82) is 0 Å². The summed E-state index contributed by atoms with van der Waals surface area (Å²) in [6, 6.07) is 3.90.